The van der Waals surface area contributed by atoms with E-state index in [4.69, 9.17) is 0 Å². The van der Waals surface area contributed by atoms with Crippen LogP contribution in [-0.4, -0.2) is 14.5 Å². The zero-order chi connectivity index (χ0) is 11.7. The summed E-state index contributed by atoms with van der Waals surface area (Å²) in [6.45, 7) is 0.820. The van der Waals surface area contributed by atoms with Crippen molar-refractivity contribution in [2.45, 2.75) is 6.54 Å². The molecule has 3 aromatic rings. The van der Waals surface area contributed by atoms with Crippen molar-refractivity contribution in [3.05, 3.63) is 59.0 Å². The van der Waals surface area contributed by atoms with Gasteiger partial charge in [-0.3, -0.25) is 0 Å². The molecule has 0 bridgehead atoms. The predicted molar refractivity (Wildman–Crippen MR) is 70.8 cm³/mol. The summed E-state index contributed by atoms with van der Waals surface area (Å²) in [5, 5.41) is 0. The van der Waals surface area contributed by atoms with Crippen LogP contribution in [0.2, 0.25) is 0 Å². The van der Waals surface area contributed by atoms with E-state index in [1.807, 2.05) is 30.5 Å². The monoisotopic (exact) mass is 287 g/mol. The van der Waals surface area contributed by atoms with E-state index in [1.54, 1.807) is 6.20 Å². The maximum atomic E-state index is 4.39. The molecule has 0 atom stereocenters. The normalized spacial score (nSPS) is 10.9. The Balaban J connectivity index is 2.01. The second-order valence-corrected chi connectivity index (χ2v) is 4.64. The maximum absolute atomic E-state index is 4.39. The fourth-order valence-electron chi connectivity index (χ4n) is 1.85. The second-order valence-electron chi connectivity index (χ2n) is 3.83. The highest BCUT2D eigenvalue weighted by Crippen LogP contribution is 2.15. The Kier molecular flexibility index (Phi) is 2.65. The number of halogens is 1. The van der Waals surface area contributed by atoms with Gasteiger partial charge in [0.2, 0.25) is 0 Å². The summed E-state index contributed by atoms with van der Waals surface area (Å²) in [5.74, 6) is 0. The van der Waals surface area contributed by atoms with Gasteiger partial charge in [-0.15, -0.1) is 0 Å². The number of hydrogen-bond donors (Lipinski definition) is 0. The summed E-state index contributed by atoms with van der Waals surface area (Å²) in [6, 6.07) is 12.3. The molecule has 17 heavy (non-hydrogen) atoms. The third-order valence-corrected chi connectivity index (χ3v) is 3.01. The minimum absolute atomic E-state index is 0.766. The van der Waals surface area contributed by atoms with E-state index in [0.29, 0.717) is 0 Å². The number of nitrogens with zero attached hydrogens (tertiary/aromatic N) is 3. The van der Waals surface area contributed by atoms with E-state index in [-0.39, 0.29) is 0 Å². The van der Waals surface area contributed by atoms with Crippen LogP contribution in [0.3, 0.4) is 0 Å². The van der Waals surface area contributed by atoms with Gasteiger partial charge in [0.1, 0.15) is 10.1 Å². The Labute approximate surface area is 107 Å². The molecule has 0 radical (unpaired) electrons. The van der Waals surface area contributed by atoms with Crippen LogP contribution in [0.25, 0.3) is 11.2 Å². The van der Waals surface area contributed by atoms with Crippen molar-refractivity contribution >= 4 is 27.1 Å². The van der Waals surface area contributed by atoms with Gasteiger partial charge in [0.05, 0.1) is 6.20 Å². The minimum Gasteiger partial charge on any atom is -0.327 e. The van der Waals surface area contributed by atoms with Gasteiger partial charge >= 0.3 is 0 Å². The van der Waals surface area contributed by atoms with Gasteiger partial charge in [-0.2, -0.15) is 0 Å². The van der Waals surface area contributed by atoms with Crippen LogP contribution >= 0.6 is 15.9 Å². The first-order valence-corrected chi connectivity index (χ1v) is 6.13. The molecule has 0 aliphatic carbocycles. The highest BCUT2D eigenvalue weighted by molar-refractivity contribution is 9.10. The Morgan fingerprint density at radius 3 is 2.76 bits per heavy atom. The summed E-state index contributed by atoms with van der Waals surface area (Å²) in [5.41, 5.74) is 3.09. The molecule has 0 aliphatic rings. The second kappa shape index (κ2) is 4.30. The summed E-state index contributed by atoms with van der Waals surface area (Å²) in [7, 11) is 0. The lowest BCUT2D eigenvalue weighted by Gasteiger charge is -2.04. The molecular formula is C13H10BrN3. The fourth-order valence-corrected chi connectivity index (χ4v) is 2.14. The van der Waals surface area contributed by atoms with Crippen molar-refractivity contribution in [2.24, 2.45) is 0 Å². The average molecular weight is 288 g/mol. The summed E-state index contributed by atoms with van der Waals surface area (Å²) in [4.78, 5) is 8.76. The smallest absolute Gasteiger partial charge is 0.159 e. The molecule has 0 fully saturated rings. The third-order valence-electron chi connectivity index (χ3n) is 2.63. The van der Waals surface area contributed by atoms with Gasteiger partial charge < -0.3 is 4.57 Å². The number of hydrogen-bond acceptors (Lipinski definition) is 2. The van der Waals surface area contributed by atoms with E-state index >= 15 is 0 Å². The molecule has 2 aromatic heterocycles. The number of aromatic nitrogens is 3. The van der Waals surface area contributed by atoms with E-state index in [1.165, 1.54) is 5.56 Å². The average Bonchev–Trinajstić information content (AvgIpc) is 2.73. The molecule has 0 amide bonds. The molecule has 2 heterocycles. The van der Waals surface area contributed by atoms with Crippen molar-refractivity contribution in [1.82, 2.24) is 14.5 Å². The molecule has 0 saturated heterocycles. The Hall–Kier alpha value is -1.68. The molecule has 0 spiro atoms. The van der Waals surface area contributed by atoms with Crippen LogP contribution in [0.15, 0.2) is 53.4 Å². The van der Waals surface area contributed by atoms with Crippen molar-refractivity contribution in [3.63, 3.8) is 0 Å². The maximum Gasteiger partial charge on any atom is 0.159 e. The molecule has 84 valence electrons. The van der Waals surface area contributed by atoms with Gasteiger partial charge in [-0.1, -0.05) is 30.3 Å². The highest BCUT2D eigenvalue weighted by Gasteiger charge is 2.04. The topological polar surface area (TPSA) is 30.7 Å². The SMILES string of the molecule is Brc1cnc2c(ccn2Cc2ccccc2)n1. The molecule has 3 rings (SSSR count). The lowest BCUT2D eigenvalue weighted by Crippen LogP contribution is -1.99. The van der Waals surface area contributed by atoms with E-state index in [2.05, 4.69) is 42.6 Å². The quantitative estimate of drug-likeness (QED) is 0.724. The van der Waals surface area contributed by atoms with Crippen LogP contribution in [0.5, 0.6) is 0 Å². The zero-order valence-electron chi connectivity index (χ0n) is 9.05. The molecular weight excluding hydrogens is 278 g/mol. The van der Waals surface area contributed by atoms with E-state index in [9.17, 15) is 0 Å². The molecule has 1 aromatic carbocycles. The van der Waals surface area contributed by atoms with Gasteiger partial charge in [-0.25, -0.2) is 9.97 Å². The van der Waals surface area contributed by atoms with Crippen molar-refractivity contribution in [3.8, 4) is 0 Å². The zero-order valence-corrected chi connectivity index (χ0v) is 10.6. The van der Waals surface area contributed by atoms with Crippen LogP contribution in [0.1, 0.15) is 5.56 Å². The Bertz CT molecular complexity index is 646. The molecule has 4 heteroatoms. The number of benzene rings is 1. The largest absolute Gasteiger partial charge is 0.327 e. The van der Waals surface area contributed by atoms with Crippen molar-refractivity contribution < 1.29 is 0 Å². The van der Waals surface area contributed by atoms with Crippen LogP contribution in [0.4, 0.5) is 0 Å². The predicted octanol–water partition coefficient (Wildman–Crippen LogP) is 3.24. The van der Waals surface area contributed by atoms with Gasteiger partial charge in [0.25, 0.3) is 0 Å². The molecule has 3 nitrogen and oxygen atoms in total. The summed E-state index contributed by atoms with van der Waals surface area (Å²) >= 11 is 3.33. The standard InChI is InChI=1S/C13H10BrN3/c14-12-8-15-13-11(16-12)6-7-17(13)9-10-4-2-1-3-5-10/h1-8H,9H2. The van der Waals surface area contributed by atoms with Gasteiger partial charge in [0.15, 0.2) is 5.65 Å². The third kappa shape index (κ3) is 2.08. The van der Waals surface area contributed by atoms with Crippen LogP contribution < -0.4 is 0 Å². The van der Waals surface area contributed by atoms with Gasteiger partial charge in [0, 0.05) is 12.7 Å². The molecule has 0 saturated carbocycles. The van der Waals surface area contributed by atoms with Crippen molar-refractivity contribution in [2.75, 3.05) is 0 Å². The van der Waals surface area contributed by atoms with E-state index in [0.717, 1.165) is 22.3 Å². The first-order valence-electron chi connectivity index (χ1n) is 5.34. The Morgan fingerprint density at radius 2 is 1.94 bits per heavy atom. The lowest BCUT2D eigenvalue weighted by molar-refractivity contribution is 0.824. The summed E-state index contributed by atoms with van der Waals surface area (Å²) in [6.07, 6.45) is 3.74. The first-order chi connectivity index (χ1) is 8.33. The molecule has 0 aliphatic heterocycles. The molecule has 0 N–H and O–H groups in total. The first kappa shape index (κ1) is 10.5. The highest BCUT2D eigenvalue weighted by atomic mass is 79.9. The Morgan fingerprint density at radius 1 is 1.12 bits per heavy atom. The van der Waals surface area contributed by atoms with Crippen LogP contribution in [0, 0.1) is 0 Å². The number of fused-ring (bicyclic) bond motifs is 1. The van der Waals surface area contributed by atoms with Crippen molar-refractivity contribution in [1.29, 1.82) is 0 Å². The van der Waals surface area contributed by atoms with Gasteiger partial charge in [-0.05, 0) is 27.6 Å². The number of rotatable bonds is 2. The minimum atomic E-state index is 0.766. The molecule has 0 unspecified atom stereocenters. The lowest BCUT2D eigenvalue weighted by atomic mass is 10.2. The van der Waals surface area contributed by atoms with Crippen LogP contribution in [-0.2, 0) is 6.54 Å². The van der Waals surface area contributed by atoms with E-state index < -0.39 is 0 Å². The summed E-state index contributed by atoms with van der Waals surface area (Å²) < 4.78 is 2.87. The fraction of sp³-hybridized carbons (Fsp3) is 0.0769.